The van der Waals surface area contributed by atoms with Crippen LogP contribution in [-0.4, -0.2) is 0 Å². The fourth-order valence-corrected chi connectivity index (χ4v) is 2.63. The van der Waals surface area contributed by atoms with Crippen LogP contribution in [0, 0.1) is 11.8 Å². The Kier molecular flexibility index (Phi) is 12.5. The molecule has 0 spiro atoms. The summed E-state index contributed by atoms with van der Waals surface area (Å²) in [5, 5.41) is 0. The average Bonchev–Trinajstić information content (AvgIpc) is 2.35. The molecule has 0 fully saturated rings. The van der Waals surface area contributed by atoms with Gasteiger partial charge in [0.25, 0.3) is 0 Å². The Morgan fingerprint density at radius 1 is 0.647 bits per heavy atom. The second-order valence-corrected chi connectivity index (χ2v) is 5.95. The van der Waals surface area contributed by atoms with E-state index in [1.165, 1.54) is 70.6 Å². The van der Waals surface area contributed by atoms with Crippen LogP contribution >= 0.6 is 0 Å². The largest absolute Gasteiger partial charge is 0.0654 e. The maximum absolute atomic E-state index is 2.46. The van der Waals surface area contributed by atoms with Crippen molar-refractivity contribution in [2.75, 3.05) is 0 Å². The minimum atomic E-state index is 0.961. The summed E-state index contributed by atoms with van der Waals surface area (Å²) in [5.41, 5.74) is 0. The summed E-state index contributed by atoms with van der Waals surface area (Å²) in [5.74, 6) is 1.97. The monoisotopic (exact) mass is 240 g/mol. The lowest BCUT2D eigenvalue weighted by atomic mass is 9.89. The van der Waals surface area contributed by atoms with E-state index in [0.717, 1.165) is 11.8 Å². The zero-order valence-corrected chi connectivity index (χ0v) is 12.9. The molecule has 0 aromatic rings. The van der Waals surface area contributed by atoms with E-state index in [2.05, 4.69) is 27.7 Å². The molecule has 2 atom stereocenters. The van der Waals surface area contributed by atoms with Crippen LogP contribution in [0.25, 0.3) is 0 Å². The van der Waals surface area contributed by atoms with Gasteiger partial charge in [0.2, 0.25) is 0 Å². The van der Waals surface area contributed by atoms with E-state index >= 15 is 0 Å². The predicted octanol–water partition coefficient (Wildman–Crippen LogP) is 6.59. The maximum Gasteiger partial charge on any atom is -0.0417 e. The lowest BCUT2D eigenvalue weighted by molar-refractivity contribution is 0.356. The quantitative estimate of drug-likeness (QED) is 0.338. The van der Waals surface area contributed by atoms with Crippen LogP contribution in [-0.2, 0) is 0 Å². The van der Waals surface area contributed by atoms with E-state index in [-0.39, 0.29) is 0 Å². The molecule has 0 saturated carbocycles. The first-order valence-corrected chi connectivity index (χ1v) is 8.24. The zero-order valence-electron chi connectivity index (χ0n) is 12.9. The van der Waals surface area contributed by atoms with Crippen LogP contribution in [0.15, 0.2) is 0 Å². The lowest BCUT2D eigenvalue weighted by Gasteiger charge is -2.17. The summed E-state index contributed by atoms with van der Waals surface area (Å²) in [4.78, 5) is 0. The highest BCUT2D eigenvalue weighted by Crippen LogP contribution is 2.23. The molecule has 2 unspecified atom stereocenters. The van der Waals surface area contributed by atoms with Crippen molar-refractivity contribution < 1.29 is 0 Å². The van der Waals surface area contributed by atoms with Crippen LogP contribution in [0.3, 0.4) is 0 Å². The molecular formula is C17H36. The molecule has 0 heterocycles. The summed E-state index contributed by atoms with van der Waals surface area (Å²) >= 11 is 0. The predicted molar refractivity (Wildman–Crippen MR) is 80.5 cm³/mol. The summed E-state index contributed by atoms with van der Waals surface area (Å²) in [6.45, 7) is 9.43. The van der Waals surface area contributed by atoms with Gasteiger partial charge >= 0.3 is 0 Å². The Labute approximate surface area is 111 Å². The first kappa shape index (κ1) is 17.0. The van der Waals surface area contributed by atoms with Crippen molar-refractivity contribution in [1.29, 1.82) is 0 Å². The van der Waals surface area contributed by atoms with E-state index in [1.807, 2.05) is 0 Å². The molecule has 0 amide bonds. The van der Waals surface area contributed by atoms with Crippen molar-refractivity contribution in [1.82, 2.24) is 0 Å². The van der Waals surface area contributed by atoms with Crippen LogP contribution in [0.5, 0.6) is 0 Å². The number of hydrogen-bond donors (Lipinski definition) is 0. The molecule has 0 aromatic heterocycles. The fraction of sp³-hybridized carbons (Fsp3) is 1.00. The van der Waals surface area contributed by atoms with Gasteiger partial charge < -0.3 is 0 Å². The third-order valence-corrected chi connectivity index (χ3v) is 4.16. The number of rotatable bonds is 12. The summed E-state index contributed by atoms with van der Waals surface area (Å²) in [7, 11) is 0. The SMILES string of the molecule is CCCCCCC(C)CCC(CC)CCCC. The Morgan fingerprint density at radius 3 is 1.94 bits per heavy atom. The molecule has 0 bridgehead atoms. The number of hydrogen-bond acceptors (Lipinski definition) is 0. The highest BCUT2D eigenvalue weighted by atomic mass is 14.1. The van der Waals surface area contributed by atoms with Crippen LogP contribution in [0.1, 0.15) is 98.3 Å². The zero-order chi connectivity index (χ0) is 12.9. The van der Waals surface area contributed by atoms with E-state index in [1.54, 1.807) is 0 Å². The molecule has 0 radical (unpaired) electrons. The van der Waals surface area contributed by atoms with Gasteiger partial charge in [-0.1, -0.05) is 98.3 Å². The molecule has 0 aliphatic rings. The molecule has 17 heavy (non-hydrogen) atoms. The number of unbranched alkanes of at least 4 members (excludes halogenated alkanes) is 4. The highest BCUT2D eigenvalue weighted by Gasteiger charge is 2.08. The van der Waals surface area contributed by atoms with Gasteiger partial charge in [-0.25, -0.2) is 0 Å². The Balaban J connectivity index is 3.48. The topological polar surface area (TPSA) is 0 Å². The van der Waals surface area contributed by atoms with Crippen molar-refractivity contribution in [3.05, 3.63) is 0 Å². The third kappa shape index (κ3) is 10.9. The third-order valence-electron chi connectivity index (χ3n) is 4.16. The minimum absolute atomic E-state index is 0.961. The summed E-state index contributed by atoms with van der Waals surface area (Å²) in [6, 6.07) is 0. The van der Waals surface area contributed by atoms with Crippen molar-refractivity contribution in [2.45, 2.75) is 98.3 Å². The maximum atomic E-state index is 2.46. The summed E-state index contributed by atoms with van der Waals surface area (Å²) < 4.78 is 0. The second kappa shape index (κ2) is 12.5. The van der Waals surface area contributed by atoms with Gasteiger partial charge in [-0.3, -0.25) is 0 Å². The second-order valence-electron chi connectivity index (χ2n) is 5.95. The van der Waals surface area contributed by atoms with Gasteiger partial charge in [-0.2, -0.15) is 0 Å². The molecule has 0 N–H and O–H groups in total. The van der Waals surface area contributed by atoms with Crippen molar-refractivity contribution in [2.24, 2.45) is 11.8 Å². The average molecular weight is 240 g/mol. The van der Waals surface area contributed by atoms with Gasteiger partial charge in [-0.15, -0.1) is 0 Å². The van der Waals surface area contributed by atoms with Crippen LogP contribution in [0.2, 0.25) is 0 Å². The van der Waals surface area contributed by atoms with Crippen LogP contribution < -0.4 is 0 Å². The van der Waals surface area contributed by atoms with Gasteiger partial charge in [0.15, 0.2) is 0 Å². The first-order chi connectivity index (χ1) is 8.24. The first-order valence-electron chi connectivity index (χ1n) is 8.24. The van der Waals surface area contributed by atoms with Gasteiger partial charge in [0.05, 0.1) is 0 Å². The minimum Gasteiger partial charge on any atom is -0.0654 e. The van der Waals surface area contributed by atoms with Gasteiger partial charge in [0, 0.05) is 0 Å². The molecule has 0 saturated heterocycles. The molecule has 0 nitrogen and oxygen atoms in total. The molecule has 0 aliphatic heterocycles. The van der Waals surface area contributed by atoms with Gasteiger partial charge in [-0.05, 0) is 11.8 Å². The van der Waals surface area contributed by atoms with Crippen LogP contribution in [0.4, 0.5) is 0 Å². The van der Waals surface area contributed by atoms with E-state index in [9.17, 15) is 0 Å². The van der Waals surface area contributed by atoms with Crippen molar-refractivity contribution >= 4 is 0 Å². The normalized spacial score (nSPS) is 14.8. The van der Waals surface area contributed by atoms with Crippen molar-refractivity contribution in [3.8, 4) is 0 Å². The smallest absolute Gasteiger partial charge is 0.0417 e. The summed E-state index contributed by atoms with van der Waals surface area (Å²) in [6.07, 6.45) is 15.8. The Hall–Kier alpha value is 0. The molecule has 0 heteroatoms. The van der Waals surface area contributed by atoms with E-state index < -0.39 is 0 Å². The van der Waals surface area contributed by atoms with Crippen molar-refractivity contribution in [3.63, 3.8) is 0 Å². The molecule has 104 valence electrons. The Bertz CT molecular complexity index is 139. The molecular weight excluding hydrogens is 204 g/mol. The molecule has 0 rings (SSSR count). The fourth-order valence-electron chi connectivity index (χ4n) is 2.63. The molecule has 0 aromatic carbocycles. The standard InChI is InChI=1S/C17H36/c1-5-8-10-11-12-16(4)14-15-17(7-3)13-9-6-2/h16-17H,5-15H2,1-4H3. The van der Waals surface area contributed by atoms with E-state index in [0.29, 0.717) is 0 Å². The van der Waals surface area contributed by atoms with Gasteiger partial charge in [0.1, 0.15) is 0 Å². The highest BCUT2D eigenvalue weighted by molar-refractivity contribution is 4.61. The molecule has 0 aliphatic carbocycles. The van der Waals surface area contributed by atoms with E-state index in [4.69, 9.17) is 0 Å². The lowest BCUT2D eigenvalue weighted by Crippen LogP contribution is -2.03. The Morgan fingerprint density at radius 2 is 1.35 bits per heavy atom.